The summed E-state index contributed by atoms with van der Waals surface area (Å²) in [6.45, 7) is 6.73. The van der Waals surface area contributed by atoms with Crippen LogP contribution in [0.25, 0.3) is 0 Å². The number of aliphatic hydroxyl groups excluding tert-OH is 2. The van der Waals surface area contributed by atoms with Crippen molar-refractivity contribution in [2.24, 2.45) is 11.8 Å². The molecule has 20 N–H and O–H groups in total. The fourth-order valence-corrected chi connectivity index (χ4v) is 9.92. The Balaban J connectivity index is 1.58. The summed E-state index contributed by atoms with van der Waals surface area (Å²) in [4.78, 5) is 208. The number of carbonyl (C=O) groups excluding carboxylic acids is 12. The fourth-order valence-electron chi connectivity index (χ4n) is 9.92. The van der Waals surface area contributed by atoms with Crippen molar-refractivity contribution in [2.75, 3.05) is 13.1 Å². The number of rotatable bonds is 18. The second-order valence-electron chi connectivity index (χ2n) is 23.6. The molecule has 2 aromatic carbocycles. The number of aliphatic carboxylic acids is 2. The van der Waals surface area contributed by atoms with Gasteiger partial charge in [0.1, 0.15) is 71.9 Å². The Morgan fingerprint density at radius 3 is 1.00 bits per heavy atom. The first kappa shape index (κ1) is 77.7. The number of hydrogen-bond donors (Lipinski definition) is 20. The maximum atomic E-state index is 14.4. The first-order valence-corrected chi connectivity index (χ1v) is 31.2. The highest BCUT2D eigenvalue weighted by Crippen LogP contribution is 2.17. The fraction of sp³-hybridized carbons (Fsp3) is 0.484. The number of aromatic amines is 2. The lowest BCUT2D eigenvalue weighted by Crippen LogP contribution is -2.63. The summed E-state index contributed by atoms with van der Waals surface area (Å²) in [6.07, 6.45) is -2.05. The standard InChI is InChI=1S/C62H84N16O20/c1-7-29(3)49-59(95)71-41(19-35-23-63-27-67-35)57(93)77-51(31(5)79)61(97)73-44(22-48(87)88)56(92)70-40(18-34-11-15-38(82)16-12-34)54(90)66-26-46(84)76-50(30(4)8-2)60(96)72-42(20-36-24-64-28-68-36)58(94)78-52(32(6)80)62(98)74-43(21-47(85)86)55(91)69-39(53(89)65-25-45(83)75-49)17-33-9-13-37(81)14-10-33/h9-16,23-24,27-32,39-44,49-52,79-82H,7-8,17-22,25-26H2,1-6H3,(H,63,67)(H,64,68)(H,65,89)(H,66,90)(H,69,91)(H,70,92)(H,71,95)(H,72,96)(H,73,97)(H,74,98)(H,75,83)(H,76,84)(H,77,93)(H,78,94)(H,85,86)(H,87,88)/t29-,30-,31+,32+,39-,40-,41-,42-,43-,44-,49-,50-,51-,52-/m0/s1. The van der Waals surface area contributed by atoms with E-state index in [0.717, 1.165) is 13.8 Å². The van der Waals surface area contributed by atoms with Crippen molar-refractivity contribution in [1.29, 1.82) is 0 Å². The van der Waals surface area contributed by atoms with E-state index in [2.05, 4.69) is 83.7 Å². The lowest BCUT2D eigenvalue weighted by Gasteiger charge is -2.29. The Hall–Kier alpha value is -11.0. The molecule has 1 aliphatic rings. The summed E-state index contributed by atoms with van der Waals surface area (Å²) in [5, 5.41) is 90.4. The molecule has 0 spiro atoms. The van der Waals surface area contributed by atoms with E-state index in [9.17, 15) is 97.8 Å². The van der Waals surface area contributed by atoms with E-state index in [4.69, 9.17) is 0 Å². The molecule has 0 radical (unpaired) electrons. The summed E-state index contributed by atoms with van der Waals surface area (Å²) < 4.78 is 0. The Morgan fingerprint density at radius 1 is 0.408 bits per heavy atom. The molecule has 0 unspecified atom stereocenters. The van der Waals surface area contributed by atoms with Gasteiger partial charge >= 0.3 is 11.9 Å². The third-order valence-electron chi connectivity index (χ3n) is 15.9. The van der Waals surface area contributed by atoms with Crippen molar-refractivity contribution in [1.82, 2.24) is 83.7 Å². The maximum absolute atomic E-state index is 14.4. The number of phenols is 2. The second-order valence-corrected chi connectivity index (χ2v) is 23.6. The van der Waals surface area contributed by atoms with Crippen LogP contribution in [0.5, 0.6) is 11.5 Å². The minimum atomic E-state index is -2.07. The van der Waals surface area contributed by atoms with Crippen LogP contribution in [0, 0.1) is 11.8 Å². The van der Waals surface area contributed by atoms with Crippen LogP contribution in [0.2, 0.25) is 0 Å². The summed E-state index contributed by atoms with van der Waals surface area (Å²) in [7, 11) is 0. The third-order valence-corrected chi connectivity index (χ3v) is 15.9. The van der Waals surface area contributed by atoms with Gasteiger partial charge in [0.25, 0.3) is 0 Å². The molecule has 4 aromatic rings. The Morgan fingerprint density at radius 2 is 0.704 bits per heavy atom. The number of imidazole rings is 2. The number of aromatic nitrogens is 4. The second kappa shape index (κ2) is 37.3. The minimum Gasteiger partial charge on any atom is -0.508 e. The molecule has 14 atom stereocenters. The van der Waals surface area contributed by atoms with Crippen molar-refractivity contribution in [2.45, 2.75) is 166 Å². The molecule has 1 saturated heterocycles. The summed E-state index contributed by atoms with van der Waals surface area (Å²) >= 11 is 0. The van der Waals surface area contributed by atoms with Gasteiger partial charge in [-0.05, 0) is 61.1 Å². The van der Waals surface area contributed by atoms with E-state index in [0.29, 0.717) is 11.1 Å². The molecule has 1 aliphatic heterocycles. The van der Waals surface area contributed by atoms with Crippen molar-refractivity contribution < 1.29 is 97.8 Å². The number of hydrogen-bond acceptors (Lipinski definition) is 20. The number of nitrogens with one attached hydrogen (secondary N) is 14. The number of aliphatic hydroxyl groups is 2. The first-order chi connectivity index (χ1) is 46.3. The largest absolute Gasteiger partial charge is 0.508 e. The molecule has 2 aromatic heterocycles. The molecule has 12 amide bonds. The number of carbonyl (C=O) groups is 14. The highest BCUT2D eigenvalue weighted by molar-refractivity contribution is 6.01. The molecule has 3 heterocycles. The molecule has 36 nitrogen and oxygen atoms in total. The summed E-state index contributed by atoms with van der Waals surface area (Å²) in [5.74, 6) is -19.0. The molecule has 98 heavy (non-hydrogen) atoms. The number of benzene rings is 2. The number of carboxylic acid groups (broad SMARTS) is 2. The Kier molecular flexibility index (Phi) is 29.6. The zero-order valence-corrected chi connectivity index (χ0v) is 54.4. The highest BCUT2D eigenvalue weighted by atomic mass is 16.4. The molecule has 1 fully saturated rings. The van der Waals surface area contributed by atoms with Gasteiger partial charge in [-0.1, -0.05) is 64.8 Å². The van der Waals surface area contributed by atoms with E-state index in [1.54, 1.807) is 27.7 Å². The zero-order chi connectivity index (χ0) is 72.5. The van der Waals surface area contributed by atoms with Gasteiger partial charge in [-0.15, -0.1) is 0 Å². The predicted octanol–water partition coefficient (Wildman–Crippen LogP) is -5.29. The predicted molar refractivity (Wildman–Crippen MR) is 340 cm³/mol. The van der Waals surface area contributed by atoms with E-state index < -0.39 is 206 Å². The Bertz CT molecular complexity index is 3220. The van der Waals surface area contributed by atoms with Crippen LogP contribution in [0.4, 0.5) is 0 Å². The summed E-state index contributed by atoms with van der Waals surface area (Å²) in [6, 6.07) is -7.42. The normalized spacial score (nSPS) is 24.4. The molecule has 0 aliphatic carbocycles. The van der Waals surface area contributed by atoms with Crippen molar-refractivity contribution in [3.8, 4) is 11.5 Å². The van der Waals surface area contributed by atoms with Crippen LogP contribution < -0.4 is 63.8 Å². The minimum absolute atomic E-state index is 0.190. The average molecular weight is 1370 g/mol. The van der Waals surface area contributed by atoms with Crippen molar-refractivity contribution in [3.05, 3.63) is 96.1 Å². The smallest absolute Gasteiger partial charge is 0.305 e. The Labute approximate surface area is 560 Å². The number of nitrogens with zero attached hydrogens (tertiary/aromatic N) is 2. The van der Waals surface area contributed by atoms with E-state index in [-0.39, 0.29) is 48.6 Å². The van der Waals surface area contributed by atoms with Gasteiger partial charge in [0.05, 0.1) is 50.8 Å². The number of amides is 12. The maximum Gasteiger partial charge on any atom is 0.305 e. The van der Waals surface area contributed by atoms with E-state index in [1.807, 2.05) is 0 Å². The number of carboxylic acids is 2. The lowest BCUT2D eigenvalue weighted by molar-refractivity contribution is -0.142. The average Bonchev–Trinajstić information content (AvgIpc) is 1.00. The lowest BCUT2D eigenvalue weighted by atomic mass is 9.97. The van der Waals surface area contributed by atoms with Gasteiger partial charge in [0, 0.05) is 49.5 Å². The van der Waals surface area contributed by atoms with E-state index in [1.165, 1.54) is 73.6 Å². The van der Waals surface area contributed by atoms with Gasteiger partial charge in [-0.2, -0.15) is 0 Å². The van der Waals surface area contributed by atoms with Crippen molar-refractivity contribution >= 4 is 82.8 Å². The molecule has 5 rings (SSSR count). The van der Waals surface area contributed by atoms with Crippen molar-refractivity contribution in [3.63, 3.8) is 0 Å². The van der Waals surface area contributed by atoms with Gasteiger partial charge in [0.2, 0.25) is 70.9 Å². The first-order valence-electron chi connectivity index (χ1n) is 31.2. The number of H-pyrrole nitrogens is 2. The van der Waals surface area contributed by atoms with Crippen LogP contribution in [0.3, 0.4) is 0 Å². The van der Waals surface area contributed by atoms with Crippen LogP contribution in [0.1, 0.15) is 89.7 Å². The van der Waals surface area contributed by atoms with Crippen LogP contribution in [-0.4, -0.2) is 219 Å². The number of phenolic OH excluding ortho intramolecular Hbond substituents is 2. The molecule has 36 heteroatoms. The summed E-state index contributed by atoms with van der Waals surface area (Å²) in [5.41, 5.74) is 1.06. The van der Waals surface area contributed by atoms with Gasteiger partial charge in [-0.25, -0.2) is 9.97 Å². The topological polar surface area (TPSA) is 562 Å². The number of aromatic hydroxyl groups is 2. The van der Waals surface area contributed by atoms with Crippen LogP contribution in [0.15, 0.2) is 73.6 Å². The SMILES string of the molecule is CC[C@H](C)[C@@H]1NC(=O)CNC(=O)[C@H](Cc2ccc(O)cc2)NC(=O)[C@H](CC(=O)O)NC(=O)[C@H]([C@@H](C)O)NC(=O)[C@H](Cc2cnc[nH]2)NC(=O)[C@H]([C@@H](C)CC)NC(=O)CNC(=O)[C@H](Cc2ccc(O)cc2)NC(=O)[C@H](CC(=O)O)NC(=O)[C@H]([C@@H](C)O)NC(=O)[C@H](Cc2cnc[nH]2)NC1=O. The van der Waals surface area contributed by atoms with Crippen LogP contribution in [-0.2, 0) is 92.8 Å². The van der Waals surface area contributed by atoms with E-state index >= 15 is 0 Å². The molecule has 532 valence electrons. The van der Waals surface area contributed by atoms with Gasteiger partial charge in [-0.3, -0.25) is 67.1 Å². The monoisotopic (exact) mass is 1370 g/mol. The quantitative estimate of drug-likeness (QED) is 0.0442. The molecular weight excluding hydrogens is 1290 g/mol. The van der Waals surface area contributed by atoms with Gasteiger partial charge < -0.3 is 104 Å². The van der Waals surface area contributed by atoms with Gasteiger partial charge in [0.15, 0.2) is 0 Å². The molecule has 0 saturated carbocycles. The van der Waals surface area contributed by atoms with Crippen LogP contribution >= 0.6 is 0 Å². The zero-order valence-electron chi connectivity index (χ0n) is 54.4. The molecule has 0 bridgehead atoms. The third kappa shape index (κ3) is 24.3. The molecular formula is C62H84N16O20. The highest BCUT2D eigenvalue weighted by Gasteiger charge is 2.39.